The average molecular weight is 567 g/mol. The lowest BCUT2D eigenvalue weighted by atomic mass is 9.76. The standard InChI is InChI=1S/C34H42N6O2/c1-7-9-13-27-20-24(3)36-39(27)28-14-11-12-26(21-28)30-23-31-35-25(4)29(22-32(41)42-6)33(40(31)37-30)38-18-16-34(5,17-19-38)15-10-8-2/h7-8,11-12,14,20-21,23H,1-2,9-10,13,15-19,22H2,3-6H3. The summed E-state index contributed by atoms with van der Waals surface area (Å²) in [4.78, 5) is 19.8. The van der Waals surface area contributed by atoms with Gasteiger partial charge in [-0.2, -0.15) is 14.7 Å². The van der Waals surface area contributed by atoms with E-state index in [-0.39, 0.29) is 17.8 Å². The Morgan fingerprint density at radius 2 is 1.83 bits per heavy atom. The molecule has 8 nitrogen and oxygen atoms in total. The van der Waals surface area contributed by atoms with E-state index in [2.05, 4.69) is 49.2 Å². The molecule has 0 amide bonds. The zero-order valence-corrected chi connectivity index (χ0v) is 25.4. The number of rotatable bonds is 11. The first-order valence-electron chi connectivity index (χ1n) is 14.8. The molecule has 4 heterocycles. The summed E-state index contributed by atoms with van der Waals surface area (Å²) >= 11 is 0. The molecule has 1 fully saturated rings. The van der Waals surface area contributed by atoms with E-state index >= 15 is 0 Å². The van der Waals surface area contributed by atoms with E-state index in [1.165, 1.54) is 7.11 Å². The van der Waals surface area contributed by atoms with Crippen molar-refractivity contribution in [2.24, 2.45) is 5.41 Å². The van der Waals surface area contributed by atoms with Crippen LogP contribution in [-0.2, 0) is 22.4 Å². The molecular formula is C34H42N6O2. The van der Waals surface area contributed by atoms with Gasteiger partial charge in [0.25, 0.3) is 0 Å². The lowest BCUT2D eigenvalue weighted by Crippen LogP contribution is -2.40. The van der Waals surface area contributed by atoms with Crippen LogP contribution in [0.4, 0.5) is 5.82 Å². The van der Waals surface area contributed by atoms with E-state index < -0.39 is 0 Å². The van der Waals surface area contributed by atoms with Crippen molar-refractivity contribution in [1.29, 1.82) is 0 Å². The molecule has 8 heteroatoms. The van der Waals surface area contributed by atoms with E-state index in [0.29, 0.717) is 0 Å². The number of aryl methyl sites for hydroxylation is 3. The molecule has 3 aromatic heterocycles. The van der Waals surface area contributed by atoms with Crippen LogP contribution in [0.1, 0.15) is 61.7 Å². The summed E-state index contributed by atoms with van der Waals surface area (Å²) < 4.78 is 9.00. The van der Waals surface area contributed by atoms with Gasteiger partial charge in [0.05, 0.1) is 30.6 Å². The highest BCUT2D eigenvalue weighted by atomic mass is 16.5. The highest BCUT2D eigenvalue weighted by molar-refractivity contribution is 5.77. The summed E-state index contributed by atoms with van der Waals surface area (Å²) in [5, 5.41) is 9.86. The molecule has 0 bridgehead atoms. The third-order valence-corrected chi connectivity index (χ3v) is 8.55. The zero-order valence-electron chi connectivity index (χ0n) is 25.4. The number of esters is 1. The summed E-state index contributed by atoms with van der Waals surface area (Å²) in [6.45, 7) is 15.9. The van der Waals surface area contributed by atoms with E-state index in [0.717, 1.165) is 103 Å². The highest BCUT2D eigenvalue weighted by Gasteiger charge is 2.32. The van der Waals surface area contributed by atoms with Gasteiger partial charge in [-0.3, -0.25) is 4.79 Å². The average Bonchev–Trinajstić information content (AvgIpc) is 3.59. The number of benzene rings is 1. The third kappa shape index (κ3) is 6.03. The summed E-state index contributed by atoms with van der Waals surface area (Å²) in [6.07, 6.45) is 10.2. The molecule has 0 atom stereocenters. The van der Waals surface area contributed by atoms with E-state index in [9.17, 15) is 4.79 Å². The molecule has 0 radical (unpaired) electrons. The Morgan fingerprint density at radius 1 is 1.07 bits per heavy atom. The summed E-state index contributed by atoms with van der Waals surface area (Å²) in [5.41, 5.74) is 7.65. The van der Waals surface area contributed by atoms with Gasteiger partial charge in [-0.25, -0.2) is 9.67 Å². The number of aromatic nitrogens is 5. The second-order valence-electron chi connectivity index (χ2n) is 11.7. The number of allylic oxidation sites excluding steroid dienone is 2. The first kappa shape index (κ1) is 29.3. The maximum atomic E-state index is 12.5. The van der Waals surface area contributed by atoms with Crippen LogP contribution in [-0.4, -0.2) is 50.5 Å². The van der Waals surface area contributed by atoms with Crippen LogP contribution >= 0.6 is 0 Å². The van der Waals surface area contributed by atoms with Crippen LogP contribution in [0.3, 0.4) is 0 Å². The number of anilines is 1. The minimum absolute atomic E-state index is 0.154. The van der Waals surface area contributed by atoms with Gasteiger partial charge in [0.1, 0.15) is 5.82 Å². The summed E-state index contributed by atoms with van der Waals surface area (Å²) in [5.74, 6) is 0.653. The number of methoxy groups -OCH3 is 1. The van der Waals surface area contributed by atoms with E-state index in [1.54, 1.807) is 0 Å². The fourth-order valence-corrected chi connectivity index (χ4v) is 5.99. The topological polar surface area (TPSA) is 77.6 Å². The number of hydrogen-bond donors (Lipinski definition) is 0. The van der Waals surface area contributed by atoms with Crippen molar-refractivity contribution in [3.63, 3.8) is 0 Å². The number of hydrogen-bond acceptors (Lipinski definition) is 6. The van der Waals surface area contributed by atoms with E-state index in [1.807, 2.05) is 47.3 Å². The molecule has 1 aromatic carbocycles. The molecule has 42 heavy (non-hydrogen) atoms. The Balaban J connectivity index is 1.56. The fraction of sp³-hybridized carbons (Fsp3) is 0.412. The molecule has 1 aliphatic rings. The normalized spacial score (nSPS) is 14.7. The van der Waals surface area contributed by atoms with Crippen molar-refractivity contribution in [3.8, 4) is 16.9 Å². The van der Waals surface area contributed by atoms with Crippen molar-refractivity contribution in [2.75, 3.05) is 25.1 Å². The third-order valence-electron chi connectivity index (χ3n) is 8.55. The molecule has 0 aliphatic carbocycles. The Kier molecular flexibility index (Phi) is 8.61. The monoisotopic (exact) mass is 566 g/mol. The first-order chi connectivity index (χ1) is 20.2. The molecule has 5 rings (SSSR count). The van der Waals surface area contributed by atoms with Gasteiger partial charge >= 0.3 is 5.97 Å². The first-order valence-corrected chi connectivity index (χ1v) is 14.8. The van der Waals surface area contributed by atoms with Crippen molar-refractivity contribution in [1.82, 2.24) is 24.4 Å². The summed E-state index contributed by atoms with van der Waals surface area (Å²) in [6, 6.07) is 12.5. The highest BCUT2D eigenvalue weighted by Crippen LogP contribution is 2.39. The van der Waals surface area contributed by atoms with Gasteiger partial charge < -0.3 is 9.64 Å². The van der Waals surface area contributed by atoms with Crippen LogP contribution in [0.15, 0.2) is 61.7 Å². The number of nitrogens with zero attached hydrogens (tertiary/aromatic N) is 6. The maximum Gasteiger partial charge on any atom is 0.310 e. The van der Waals surface area contributed by atoms with Gasteiger partial charge in [-0.1, -0.05) is 31.2 Å². The lowest BCUT2D eigenvalue weighted by molar-refractivity contribution is -0.139. The molecule has 0 saturated carbocycles. The smallest absolute Gasteiger partial charge is 0.310 e. The van der Waals surface area contributed by atoms with Crippen LogP contribution in [0.5, 0.6) is 0 Å². The predicted octanol–water partition coefficient (Wildman–Crippen LogP) is 6.61. The Labute approximate surface area is 248 Å². The molecule has 0 spiro atoms. The molecule has 1 aliphatic heterocycles. The lowest BCUT2D eigenvalue weighted by Gasteiger charge is -2.41. The number of ether oxygens (including phenoxy) is 1. The SMILES string of the molecule is C=CCCc1cc(C)nn1-c1cccc(-c2cc3nc(C)c(CC(=O)OC)c(N4CCC(C)(CCC=C)CC4)n3n2)c1. The number of carbonyl (C=O) groups excluding carboxylic acids is 1. The van der Waals surface area contributed by atoms with Crippen LogP contribution in [0, 0.1) is 19.3 Å². The van der Waals surface area contributed by atoms with Crippen LogP contribution in [0.2, 0.25) is 0 Å². The van der Waals surface area contributed by atoms with Crippen molar-refractivity contribution >= 4 is 17.4 Å². The minimum Gasteiger partial charge on any atom is -0.469 e. The van der Waals surface area contributed by atoms with Gasteiger partial charge in [0.15, 0.2) is 5.65 Å². The Morgan fingerprint density at radius 3 is 2.55 bits per heavy atom. The Bertz CT molecular complexity index is 1610. The van der Waals surface area contributed by atoms with Crippen LogP contribution in [0.25, 0.3) is 22.6 Å². The quantitative estimate of drug-likeness (QED) is 0.150. The number of piperidine rings is 1. The van der Waals surface area contributed by atoms with Crippen molar-refractivity contribution in [3.05, 3.63) is 84.4 Å². The van der Waals surface area contributed by atoms with Gasteiger partial charge in [-0.15, -0.1) is 13.2 Å². The molecular weight excluding hydrogens is 524 g/mol. The minimum atomic E-state index is -0.282. The molecule has 220 valence electrons. The van der Waals surface area contributed by atoms with Gasteiger partial charge in [0, 0.05) is 41.7 Å². The predicted molar refractivity (Wildman–Crippen MR) is 168 cm³/mol. The summed E-state index contributed by atoms with van der Waals surface area (Å²) in [7, 11) is 1.43. The molecule has 0 unspecified atom stereocenters. The van der Waals surface area contributed by atoms with Crippen molar-refractivity contribution < 1.29 is 9.53 Å². The zero-order chi connectivity index (χ0) is 29.9. The fourth-order valence-electron chi connectivity index (χ4n) is 5.99. The van der Waals surface area contributed by atoms with Crippen molar-refractivity contribution in [2.45, 2.75) is 65.7 Å². The van der Waals surface area contributed by atoms with E-state index in [4.69, 9.17) is 19.9 Å². The second-order valence-corrected chi connectivity index (χ2v) is 11.7. The van der Waals surface area contributed by atoms with Gasteiger partial charge in [-0.05, 0) is 76.0 Å². The largest absolute Gasteiger partial charge is 0.469 e. The van der Waals surface area contributed by atoms with Crippen LogP contribution < -0.4 is 4.90 Å². The Hall–Kier alpha value is -4.20. The molecule has 0 N–H and O–H groups in total. The second kappa shape index (κ2) is 12.3. The number of carbonyl (C=O) groups is 1. The molecule has 1 saturated heterocycles. The maximum absolute atomic E-state index is 12.5. The number of fused-ring (bicyclic) bond motifs is 1. The van der Waals surface area contributed by atoms with Gasteiger partial charge in [0.2, 0.25) is 0 Å². The molecule has 4 aromatic rings.